The number of ether oxygens (including phenoxy) is 3. The number of rotatable bonds is 13. The summed E-state index contributed by atoms with van der Waals surface area (Å²) in [4.78, 5) is 12.4. The molecule has 500 valence electrons. The van der Waals surface area contributed by atoms with Gasteiger partial charge in [-0.15, -0.1) is 0 Å². The molecule has 0 aromatic heterocycles. The van der Waals surface area contributed by atoms with Gasteiger partial charge < -0.3 is 28.2 Å². The average molecular weight is 1240 g/mol. The van der Waals surface area contributed by atoms with E-state index >= 15 is 0 Å². The minimum Gasteiger partial charge on any atom is -0.459 e. The second kappa shape index (κ2) is 21.9. The van der Waals surface area contributed by atoms with Gasteiger partial charge in [-0.2, -0.15) is 0 Å². The normalized spacial score (nSPS) is 50.5. The molecule has 12 rings (SSSR count). The molecule has 7 nitrogen and oxygen atoms in total. The first-order valence-corrected chi connectivity index (χ1v) is 42.9. The quantitative estimate of drug-likeness (QED) is 0.145. The summed E-state index contributed by atoms with van der Waals surface area (Å²) in [5, 5.41) is 11.6. The summed E-state index contributed by atoms with van der Waals surface area (Å²) < 4.78 is 36.7. The first-order chi connectivity index (χ1) is 40.3. The molecule has 26 atom stereocenters. The maximum absolute atomic E-state index is 12.4. The lowest BCUT2D eigenvalue weighted by Crippen LogP contribution is -2.61. The van der Waals surface area contributed by atoms with E-state index in [2.05, 4.69) is 166 Å². The van der Waals surface area contributed by atoms with E-state index in [1.165, 1.54) is 126 Å². The SMILES string of the molecule is CC[Si](CC)(CC)O[C@H]1C2OC([C@H](O)C(C)(C)C)C[C@@H](C)C2[C@@]2(C)CCC34C[C@@]35CCC(C)C(C)(C)[C@@H]5CC[C@H]4[C@]12C.CC[Si](CC)(CC)O[C@H]1C2OC([C@H](OC(C)=O)C(C)(C)C)C[C@@H](C)C2[C@@]2(C)CCC34C[C@@]35CCC(C)C(C)(C)[C@@H]5CC[C@H]4[C@]12C. The molecule has 9 heteroatoms. The van der Waals surface area contributed by atoms with Gasteiger partial charge in [0.1, 0.15) is 6.10 Å². The van der Waals surface area contributed by atoms with Crippen molar-refractivity contribution in [3.8, 4) is 0 Å². The lowest BCUT2D eigenvalue weighted by molar-refractivity contribution is -0.202. The van der Waals surface area contributed by atoms with Crippen molar-refractivity contribution < 1.29 is 33.0 Å². The zero-order valence-electron chi connectivity index (χ0n) is 61.3. The predicted octanol–water partition coefficient (Wildman–Crippen LogP) is 20.3. The third-order valence-corrected chi connectivity index (χ3v) is 43.3. The van der Waals surface area contributed by atoms with E-state index in [1.54, 1.807) is 6.92 Å². The summed E-state index contributed by atoms with van der Waals surface area (Å²) in [7, 11) is -3.85. The number of hydrogen-bond donors (Lipinski definition) is 1. The Morgan fingerprint density at radius 2 is 0.851 bits per heavy atom. The van der Waals surface area contributed by atoms with E-state index in [-0.39, 0.29) is 81.2 Å². The van der Waals surface area contributed by atoms with Gasteiger partial charge in [0.05, 0.1) is 42.7 Å². The molecule has 87 heavy (non-hydrogen) atoms. The van der Waals surface area contributed by atoms with Crippen molar-refractivity contribution in [2.24, 2.45) is 124 Å². The van der Waals surface area contributed by atoms with Gasteiger partial charge in [-0.3, -0.25) is 4.79 Å². The lowest BCUT2D eigenvalue weighted by atomic mass is 9.41. The van der Waals surface area contributed by atoms with Crippen molar-refractivity contribution in [2.45, 2.75) is 361 Å². The molecule has 0 bridgehead atoms. The highest BCUT2D eigenvalue weighted by Gasteiger charge is 2.87. The number of carbonyl (C=O) groups excluding carboxylic acids is 1. The molecule has 1 N–H and O–H groups in total. The highest BCUT2D eigenvalue weighted by Crippen LogP contribution is 2.92. The fourth-order valence-corrected chi connectivity index (χ4v) is 33.7. The van der Waals surface area contributed by atoms with Crippen molar-refractivity contribution >= 4 is 22.6 Å². The maximum atomic E-state index is 12.4. The van der Waals surface area contributed by atoms with E-state index in [4.69, 9.17) is 23.1 Å². The molecule has 2 saturated heterocycles. The fraction of sp³-hybridized carbons (Fsp3) is 0.987. The average Bonchev–Trinajstić information content (AvgIpc) is 1.47. The lowest BCUT2D eigenvalue weighted by Gasteiger charge is -2.64. The molecule has 12 aliphatic rings. The number of hydrogen-bond acceptors (Lipinski definition) is 7. The van der Waals surface area contributed by atoms with Crippen LogP contribution in [0.5, 0.6) is 0 Å². The summed E-state index contributed by atoms with van der Waals surface area (Å²) in [6.45, 7) is 60.5. The van der Waals surface area contributed by atoms with Crippen LogP contribution in [0.3, 0.4) is 0 Å². The molecule has 10 unspecified atom stereocenters. The molecular formula is C78H138O7Si2. The first kappa shape index (κ1) is 68.1. The van der Waals surface area contributed by atoms with E-state index in [1.807, 2.05) is 0 Å². The fourth-order valence-electron chi connectivity index (χ4n) is 27.8. The molecule has 4 spiro atoms. The molecule has 0 radical (unpaired) electrons. The second-order valence-corrected chi connectivity index (χ2v) is 48.2. The molecular weight excluding hydrogens is 1110 g/mol. The van der Waals surface area contributed by atoms with Crippen LogP contribution in [0.25, 0.3) is 0 Å². The van der Waals surface area contributed by atoms with Gasteiger partial charge in [-0.05, 0) is 247 Å². The number of esters is 1. The zero-order chi connectivity index (χ0) is 64.1. The molecule has 2 aliphatic heterocycles. The van der Waals surface area contributed by atoms with Gasteiger partial charge in [0.25, 0.3) is 0 Å². The van der Waals surface area contributed by atoms with E-state index in [0.29, 0.717) is 62.1 Å². The Morgan fingerprint density at radius 1 is 0.506 bits per heavy atom. The van der Waals surface area contributed by atoms with E-state index in [0.717, 1.165) is 42.4 Å². The summed E-state index contributed by atoms with van der Waals surface area (Å²) in [5.74, 6) is 6.69. The smallest absolute Gasteiger partial charge is 0.303 e. The largest absolute Gasteiger partial charge is 0.459 e. The van der Waals surface area contributed by atoms with Gasteiger partial charge in [-0.1, -0.05) is 166 Å². The Balaban J connectivity index is 0.000000181. The third kappa shape index (κ3) is 9.18. The van der Waals surface area contributed by atoms with Crippen LogP contribution in [0.4, 0.5) is 0 Å². The zero-order valence-corrected chi connectivity index (χ0v) is 63.3. The summed E-state index contributed by atoms with van der Waals surface area (Å²) in [6.07, 6.45) is 21.2. The summed E-state index contributed by atoms with van der Waals surface area (Å²) in [5.41, 5.74) is 3.24. The van der Waals surface area contributed by atoms with Crippen molar-refractivity contribution in [1.82, 2.24) is 0 Å². The Hall–Kier alpha value is -0.296. The highest BCUT2D eigenvalue weighted by molar-refractivity contribution is 6.74. The topological polar surface area (TPSA) is 83.5 Å². The van der Waals surface area contributed by atoms with Crippen LogP contribution < -0.4 is 0 Å². The molecule has 12 fully saturated rings. The van der Waals surface area contributed by atoms with Crippen LogP contribution in [0, 0.1) is 124 Å². The molecule has 0 aromatic carbocycles. The van der Waals surface area contributed by atoms with Crippen LogP contribution in [0.1, 0.15) is 276 Å². The van der Waals surface area contributed by atoms with Gasteiger partial charge in [0.15, 0.2) is 16.6 Å². The van der Waals surface area contributed by atoms with E-state index in [9.17, 15) is 9.90 Å². The second-order valence-electron chi connectivity index (χ2n) is 38.8. The Labute approximate surface area is 537 Å². The van der Waals surface area contributed by atoms with Gasteiger partial charge in [0.2, 0.25) is 0 Å². The summed E-state index contributed by atoms with van der Waals surface area (Å²) in [6, 6.07) is 7.09. The molecule has 0 aromatic rings. The third-order valence-electron chi connectivity index (χ3n) is 34.0. The molecule has 10 saturated carbocycles. The van der Waals surface area contributed by atoms with Crippen LogP contribution in [-0.2, 0) is 27.9 Å². The van der Waals surface area contributed by atoms with Crippen LogP contribution in [0.15, 0.2) is 0 Å². The number of aliphatic hydroxyl groups is 1. The van der Waals surface area contributed by atoms with Crippen molar-refractivity contribution in [1.29, 1.82) is 0 Å². The van der Waals surface area contributed by atoms with E-state index < -0.39 is 22.7 Å². The highest BCUT2D eigenvalue weighted by atomic mass is 28.4. The first-order valence-electron chi connectivity index (χ1n) is 37.8. The van der Waals surface area contributed by atoms with Crippen LogP contribution >= 0.6 is 0 Å². The Bertz CT molecular complexity index is 2530. The predicted molar refractivity (Wildman–Crippen MR) is 363 cm³/mol. The van der Waals surface area contributed by atoms with Crippen LogP contribution in [-0.4, -0.2) is 76.5 Å². The van der Waals surface area contributed by atoms with Gasteiger partial charge >= 0.3 is 5.97 Å². The number of fused-ring (bicyclic) bond motifs is 8. The Kier molecular flexibility index (Phi) is 17.1. The number of carbonyl (C=O) groups is 1. The van der Waals surface area contributed by atoms with Gasteiger partial charge in [-0.25, -0.2) is 0 Å². The number of aliphatic hydroxyl groups excluding tert-OH is 1. The minimum atomic E-state index is -1.95. The monoisotopic (exact) mass is 1240 g/mol. The molecule has 2 heterocycles. The van der Waals surface area contributed by atoms with Gasteiger partial charge in [0, 0.05) is 23.2 Å². The molecule has 10 aliphatic carbocycles. The van der Waals surface area contributed by atoms with Crippen molar-refractivity contribution in [3.63, 3.8) is 0 Å². The van der Waals surface area contributed by atoms with Crippen LogP contribution in [0.2, 0.25) is 36.3 Å². The maximum Gasteiger partial charge on any atom is 0.303 e. The minimum absolute atomic E-state index is 0.0658. The summed E-state index contributed by atoms with van der Waals surface area (Å²) >= 11 is 0. The molecule has 0 amide bonds. The van der Waals surface area contributed by atoms with Crippen molar-refractivity contribution in [2.75, 3.05) is 0 Å². The standard InChI is InChI=1S/C40H70O4Si.C38H68O3Si/c1-14-45(15-2,16-3)44-34-32-31(25(4)23-28(43-32)33(35(7,8)9)42-27(6)41)37(12)21-22-40-24-39(40)20-19-26(5)36(10,11)29(39)17-18-30(40)38(34,37)13;1-13-42(14-2,15-3)41-32-30-29(24(4)22-26(40-30)31(39)33(6,7)8)35(11)20-21-38-23-37(38)19-18-25(5)34(9,10)27(37)16-17-28(38)36(32,35)12/h25-26,28-34H,14-24H2,1-13H3;24-32,39H,13-23H2,1-12H3/t25-,26?,28?,29+,30+,31?,32?,33+,34+,37-,38-,39-,40?;24-,25?,26?,27+,28+,29?,30?,31+,32+,35-,36-,37-,38?/m11/s1. The Morgan fingerprint density at radius 3 is 1.20 bits per heavy atom. The van der Waals surface area contributed by atoms with Crippen molar-refractivity contribution in [3.05, 3.63) is 0 Å².